The Morgan fingerprint density at radius 1 is 1.31 bits per heavy atom. The lowest BCUT2D eigenvalue weighted by atomic mass is 10.2. The van der Waals surface area contributed by atoms with Crippen LogP contribution in [0.5, 0.6) is 0 Å². The van der Waals surface area contributed by atoms with E-state index in [0.717, 1.165) is 12.0 Å². The molecule has 16 heavy (non-hydrogen) atoms. The number of rotatable bonds is 4. The van der Waals surface area contributed by atoms with Crippen molar-refractivity contribution in [1.82, 2.24) is 0 Å². The molecule has 1 aliphatic carbocycles. The van der Waals surface area contributed by atoms with E-state index in [0.29, 0.717) is 18.4 Å². The first-order valence-corrected chi connectivity index (χ1v) is 6.86. The van der Waals surface area contributed by atoms with Crippen LogP contribution >= 0.6 is 0 Å². The van der Waals surface area contributed by atoms with Gasteiger partial charge in [0.05, 0.1) is 11.5 Å². The van der Waals surface area contributed by atoms with Gasteiger partial charge in [-0.05, 0) is 37.3 Å². The van der Waals surface area contributed by atoms with Gasteiger partial charge in [0.2, 0.25) is 0 Å². The van der Waals surface area contributed by atoms with Crippen molar-refractivity contribution >= 4 is 10.1 Å². The summed E-state index contributed by atoms with van der Waals surface area (Å²) in [5.74, 6) is 1.02. The van der Waals surface area contributed by atoms with E-state index in [1.165, 1.54) is 0 Å². The van der Waals surface area contributed by atoms with Gasteiger partial charge in [-0.3, -0.25) is 4.18 Å². The minimum atomic E-state index is -3.56. The molecular formula is C12H16O3S. The molecule has 0 amide bonds. The Bertz CT molecular complexity index is 462. The Balaban J connectivity index is 2.03. The summed E-state index contributed by atoms with van der Waals surface area (Å²) in [6.07, 6.45) is 1.07. The molecule has 0 spiro atoms. The van der Waals surface area contributed by atoms with E-state index in [2.05, 4.69) is 6.92 Å². The van der Waals surface area contributed by atoms with E-state index in [4.69, 9.17) is 4.18 Å². The molecule has 4 heteroatoms. The molecule has 0 saturated heterocycles. The average molecular weight is 240 g/mol. The van der Waals surface area contributed by atoms with Crippen LogP contribution in [0.2, 0.25) is 0 Å². The number of hydrogen-bond acceptors (Lipinski definition) is 3. The van der Waals surface area contributed by atoms with Gasteiger partial charge in [0.15, 0.2) is 0 Å². The molecule has 1 aliphatic rings. The van der Waals surface area contributed by atoms with Crippen molar-refractivity contribution < 1.29 is 12.6 Å². The zero-order valence-corrected chi connectivity index (χ0v) is 10.3. The van der Waals surface area contributed by atoms with E-state index in [1.54, 1.807) is 24.3 Å². The van der Waals surface area contributed by atoms with Crippen LogP contribution in [0.15, 0.2) is 29.2 Å². The topological polar surface area (TPSA) is 43.4 Å². The third-order valence-electron chi connectivity index (χ3n) is 3.02. The zero-order valence-electron chi connectivity index (χ0n) is 9.51. The lowest BCUT2D eigenvalue weighted by Crippen LogP contribution is -2.09. The van der Waals surface area contributed by atoms with Gasteiger partial charge in [-0.1, -0.05) is 24.6 Å². The maximum Gasteiger partial charge on any atom is 0.296 e. The SMILES string of the molecule is Cc1ccc(S(=O)(=O)OCC2CC2C)cc1. The summed E-state index contributed by atoms with van der Waals surface area (Å²) in [6, 6.07) is 6.72. The summed E-state index contributed by atoms with van der Waals surface area (Å²) in [7, 11) is -3.56. The highest BCUT2D eigenvalue weighted by Crippen LogP contribution is 2.38. The van der Waals surface area contributed by atoms with Crippen molar-refractivity contribution in [3.8, 4) is 0 Å². The van der Waals surface area contributed by atoms with Gasteiger partial charge in [-0.25, -0.2) is 0 Å². The summed E-state index contributed by atoms with van der Waals surface area (Å²) >= 11 is 0. The van der Waals surface area contributed by atoms with E-state index < -0.39 is 10.1 Å². The van der Waals surface area contributed by atoms with Crippen LogP contribution < -0.4 is 0 Å². The fourth-order valence-electron chi connectivity index (χ4n) is 1.58. The molecule has 0 N–H and O–H groups in total. The monoisotopic (exact) mass is 240 g/mol. The number of benzene rings is 1. The Labute approximate surface area is 96.6 Å². The molecule has 0 aromatic heterocycles. The summed E-state index contributed by atoms with van der Waals surface area (Å²) in [5, 5.41) is 0. The third kappa shape index (κ3) is 2.62. The van der Waals surface area contributed by atoms with Crippen molar-refractivity contribution in [3.05, 3.63) is 29.8 Å². The molecule has 3 nitrogen and oxygen atoms in total. The maximum atomic E-state index is 11.8. The predicted octanol–water partition coefficient (Wildman–Crippen LogP) is 2.36. The Morgan fingerprint density at radius 3 is 2.38 bits per heavy atom. The van der Waals surface area contributed by atoms with Crippen molar-refractivity contribution in [2.24, 2.45) is 11.8 Å². The third-order valence-corrected chi connectivity index (χ3v) is 4.32. The molecule has 0 heterocycles. The number of aryl methyl sites for hydroxylation is 1. The van der Waals surface area contributed by atoms with Crippen LogP contribution in [0, 0.1) is 18.8 Å². The summed E-state index contributed by atoms with van der Waals surface area (Å²) in [6.45, 7) is 4.34. The molecule has 88 valence electrons. The number of hydrogen-bond donors (Lipinski definition) is 0. The van der Waals surface area contributed by atoms with Gasteiger partial charge in [-0.2, -0.15) is 8.42 Å². The van der Waals surface area contributed by atoms with E-state index in [-0.39, 0.29) is 4.90 Å². The largest absolute Gasteiger partial charge is 0.296 e. The summed E-state index contributed by atoms with van der Waals surface area (Å²) < 4.78 is 28.5. The minimum Gasteiger partial charge on any atom is -0.266 e. The Kier molecular flexibility index (Phi) is 3.04. The van der Waals surface area contributed by atoms with E-state index in [9.17, 15) is 8.42 Å². The maximum absolute atomic E-state index is 11.8. The van der Waals surface area contributed by atoms with Crippen LogP contribution in [-0.2, 0) is 14.3 Å². The van der Waals surface area contributed by atoms with E-state index in [1.807, 2.05) is 6.92 Å². The second-order valence-electron chi connectivity index (χ2n) is 4.52. The standard InChI is InChI=1S/C12H16O3S/c1-9-3-5-12(6-4-9)16(13,14)15-8-11-7-10(11)2/h3-6,10-11H,7-8H2,1-2H3. The minimum absolute atomic E-state index is 0.242. The van der Waals surface area contributed by atoms with Gasteiger partial charge in [0, 0.05) is 0 Å². The van der Waals surface area contributed by atoms with E-state index >= 15 is 0 Å². The van der Waals surface area contributed by atoms with Crippen molar-refractivity contribution in [2.75, 3.05) is 6.61 Å². The average Bonchev–Trinajstić information content (AvgIpc) is 2.93. The smallest absolute Gasteiger partial charge is 0.266 e. The first kappa shape index (κ1) is 11.6. The van der Waals surface area contributed by atoms with Gasteiger partial charge < -0.3 is 0 Å². The fraction of sp³-hybridized carbons (Fsp3) is 0.500. The molecule has 1 saturated carbocycles. The van der Waals surface area contributed by atoms with Gasteiger partial charge in [0.25, 0.3) is 10.1 Å². The molecule has 2 unspecified atom stereocenters. The highest BCUT2D eigenvalue weighted by atomic mass is 32.2. The second-order valence-corrected chi connectivity index (χ2v) is 6.14. The predicted molar refractivity (Wildman–Crippen MR) is 61.6 cm³/mol. The lowest BCUT2D eigenvalue weighted by Gasteiger charge is -2.05. The van der Waals surface area contributed by atoms with Crippen molar-refractivity contribution in [1.29, 1.82) is 0 Å². The van der Waals surface area contributed by atoms with Crippen LogP contribution in [0.1, 0.15) is 18.9 Å². The van der Waals surface area contributed by atoms with Crippen LogP contribution in [0.3, 0.4) is 0 Å². The summed E-state index contributed by atoms with van der Waals surface area (Å²) in [4.78, 5) is 0.242. The summed E-state index contributed by atoms with van der Waals surface area (Å²) in [5.41, 5.74) is 1.04. The van der Waals surface area contributed by atoms with Crippen molar-refractivity contribution in [3.63, 3.8) is 0 Å². The molecule has 2 atom stereocenters. The van der Waals surface area contributed by atoms with Crippen LogP contribution in [0.4, 0.5) is 0 Å². The normalized spacial score (nSPS) is 24.4. The molecule has 0 bridgehead atoms. The fourth-order valence-corrected chi connectivity index (χ4v) is 2.54. The lowest BCUT2D eigenvalue weighted by molar-refractivity contribution is 0.296. The molecule has 1 fully saturated rings. The molecule has 0 radical (unpaired) electrons. The Hall–Kier alpha value is -0.870. The van der Waals surface area contributed by atoms with Gasteiger partial charge >= 0.3 is 0 Å². The highest BCUT2D eigenvalue weighted by Gasteiger charge is 2.34. The van der Waals surface area contributed by atoms with Gasteiger partial charge in [0.1, 0.15) is 0 Å². The first-order chi connectivity index (χ1) is 7.49. The molecule has 1 aromatic rings. The molecule has 1 aromatic carbocycles. The van der Waals surface area contributed by atoms with Crippen molar-refractivity contribution in [2.45, 2.75) is 25.2 Å². The van der Waals surface area contributed by atoms with Crippen LogP contribution in [0.25, 0.3) is 0 Å². The molecule has 0 aliphatic heterocycles. The zero-order chi connectivity index (χ0) is 11.8. The quantitative estimate of drug-likeness (QED) is 0.759. The molecule has 2 rings (SSSR count). The van der Waals surface area contributed by atoms with Crippen LogP contribution in [-0.4, -0.2) is 15.0 Å². The second kappa shape index (κ2) is 4.18. The van der Waals surface area contributed by atoms with Gasteiger partial charge in [-0.15, -0.1) is 0 Å². The highest BCUT2D eigenvalue weighted by molar-refractivity contribution is 7.86. The Morgan fingerprint density at radius 2 is 1.88 bits per heavy atom. The first-order valence-electron chi connectivity index (χ1n) is 5.45. The molecular weight excluding hydrogens is 224 g/mol.